The molecule has 7 nitrogen and oxygen atoms in total. The van der Waals surface area contributed by atoms with Crippen molar-refractivity contribution in [3.05, 3.63) is 52.4 Å². The Bertz CT molecular complexity index is 1030. The third kappa shape index (κ3) is 4.16. The molecule has 3 aromatic heterocycles. The molecule has 0 saturated carbocycles. The topological polar surface area (TPSA) is 86.5 Å². The smallest absolute Gasteiger partial charge is 0.259 e. The van der Waals surface area contributed by atoms with Crippen molar-refractivity contribution in [2.45, 2.75) is 32.3 Å². The maximum Gasteiger partial charge on any atom is 0.259 e. The van der Waals surface area contributed by atoms with Gasteiger partial charge in [0.2, 0.25) is 0 Å². The molecule has 0 spiro atoms. The first-order chi connectivity index (χ1) is 14.8. The summed E-state index contributed by atoms with van der Waals surface area (Å²) in [6.07, 6.45) is 7.05. The van der Waals surface area contributed by atoms with Gasteiger partial charge in [0, 0.05) is 42.0 Å². The average Bonchev–Trinajstić information content (AvgIpc) is 3.44. The Morgan fingerprint density at radius 3 is 2.97 bits per heavy atom. The van der Waals surface area contributed by atoms with Crippen molar-refractivity contribution in [3.8, 4) is 11.5 Å². The van der Waals surface area contributed by atoms with Crippen LogP contribution >= 0.6 is 11.3 Å². The molecule has 3 aromatic rings. The number of aromatic nitrogens is 2. The number of hydrogen-bond donors (Lipinski definition) is 1. The SMILES string of the molecule is O=C(Nc1nc(-c2ccco2)c(CC2CCOCC2)s1)c1cnc2c(c1)COCC2. The van der Waals surface area contributed by atoms with Crippen molar-refractivity contribution in [1.29, 1.82) is 0 Å². The molecule has 8 heteroatoms. The fourth-order valence-corrected chi connectivity index (χ4v) is 4.97. The highest BCUT2D eigenvalue weighted by molar-refractivity contribution is 7.16. The van der Waals surface area contributed by atoms with Gasteiger partial charge in [0.1, 0.15) is 5.69 Å². The van der Waals surface area contributed by atoms with Crippen molar-refractivity contribution < 1.29 is 18.7 Å². The zero-order valence-corrected chi connectivity index (χ0v) is 17.4. The predicted octanol–water partition coefficient (Wildman–Crippen LogP) is 4.09. The molecule has 0 radical (unpaired) electrons. The number of rotatable bonds is 5. The van der Waals surface area contributed by atoms with E-state index in [2.05, 4.69) is 15.3 Å². The number of nitrogens with zero attached hydrogens (tertiary/aromatic N) is 2. The van der Waals surface area contributed by atoms with Gasteiger partial charge in [-0.3, -0.25) is 15.1 Å². The molecule has 0 aliphatic carbocycles. The Hall–Kier alpha value is -2.55. The van der Waals surface area contributed by atoms with Crippen LogP contribution in [0, 0.1) is 5.92 Å². The number of carbonyl (C=O) groups excluding carboxylic acids is 1. The molecule has 2 aliphatic rings. The normalized spacial score (nSPS) is 16.9. The maximum absolute atomic E-state index is 12.8. The van der Waals surface area contributed by atoms with E-state index in [0.29, 0.717) is 29.8 Å². The summed E-state index contributed by atoms with van der Waals surface area (Å²) in [6.45, 7) is 2.78. The van der Waals surface area contributed by atoms with Crippen LogP contribution in [0.25, 0.3) is 11.5 Å². The summed E-state index contributed by atoms with van der Waals surface area (Å²) < 4.78 is 16.6. The van der Waals surface area contributed by atoms with Crippen LogP contribution in [0.2, 0.25) is 0 Å². The fraction of sp³-hybridized carbons (Fsp3) is 0.409. The van der Waals surface area contributed by atoms with Gasteiger partial charge >= 0.3 is 0 Å². The molecule has 2 aliphatic heterocycles. The molecule has 5 heterocycles. The molecule has 0 aromatic carbocycles. The Labute approximate surface area is 178 Å². The minimum absolute atomic E-state index is 0.215. The molecule has 1 amide bonds. The first-order valence-electron chi connectivity index (χ1n) is 10.2. The summed E-state index contributed by atoms with van der Waals surface area (Å²) in [7, 11) is 0. The van der Waals surface area contributed by atoms with Gasteiger partial charge in [-0.2, -0.15) is 0 Å². The van der Waals surface area contributed by atoms with Crippen LogP contribution in [0.15, 0.2) is 35.1 Å². The first kappa shape index (κ1) is 19.4. The van der Waals surface area contributed by atoms with Crippen LogP contribution in [0.1, 0.15) is 39.3 Å². The van der Waals surface area contributed by atoms with Crippen molar-refractivity contribution >= 4 is 22.4 Å². The number of hydrogen-bond acceptors (Lipinski definition) is 7. The molecule has 0 bridgehead atoms. The zero-order valence-electron chi connectivity index (χ0n) is 16.6. The van der Waals surface area contributed by atoms with Crippen LogP contribution in [0.5, 0.6) is 0 Å². The van der Waals surface area contributed by atoms with Crippen LogP contribution in [-0.2, 0) is 28.9 Å². The number of ether oxygens (including phenoxy) is 2. The summed E-state index contributed by atoms with van der Waals surface area (Å²) >= 11 is 1.51. The van der Waals surface area contributed by atoms with E-state index in [-0.39, 0.29) is 5.91 Å². The van der Waals surface area contributed by atoms with Gasteiger partial charge in [-0.25, -0.2) is 4.98 Å². The van der Waals surface area contributed by atoms with Crippen LogP contribution < -0.4 is 5.32 Å². The Balaban J connectivity index is 1.37. The zero-order chi connectivity index (χ0) is 20.3. The van der Waals surface area contributed by atoms with E-state index in [1.807, 2.05) is 18.2 Å². The molecule has 30 heavy (non-hydrogen) atoms. The maximum atomic E-state index is 12.8. The lowest BCUT2D eigenvalue weighted by Crippen LogP contribution is -2.17. The Morgan fingerprint density at radius 1 is 1.23 bits per heavy atom. The van der Waals surface area contributed by atoms with Gasteiger partial charge in [0.25, 0.3) is 5.91 Å². The summed E-state index contributed by atoms with van der Waals surface area (Å²) in [4.78, 5) is 23.1. The standard InChI is InChI=1S/C22H23N3O4S/c26-21(15-11-16-13-28-9-5-17(16)23-12-15)25-22-24-20(18-2-1-6-29-18)19(30-22)10-14-3-7-27-8-4-14/h1-2,6,11-12,14H,3-5,7-10,13H2,(H,24,25,26). The predicted molar refractivity (Wildman–Crippen MR) is 113 cm³/mol. The van der Waals surface area contributed by atoms with Crippen molar-refractivity contribution in [2.24, 2.45) is 5.92 Å². The lowest BCUT2D eigenvalue weighted by molar-refractivity contribution is 0.0667. The Morgan fingerprint density at radius 2 is 2.13 bits per heavy atom. The van der Waals surface area contributed by atoms with Gasteiger partial charge in [-0.05, 0) is 43.4 Å². The van der Waals surface area contributed by atoms with Gasteiger partial charge in [0.15, 0.2) is 10.9 Å². The minimum Gasteiger partial charge on any atom is -0.463 e. The summed E-state index contributed by atoms with van der Waals surface area (Å²) in [5.74, 6) is 1.07. The van der Waals surface area contributed by atoms with Crippen molar-refractivity contribution in [2.75, 3.05) is 25.1 Å². The molecule has 0 unspecified atom stereocenters. The number of fused-ring (bicyclic) bond motifs is 1. The first-order valence-corrected chi connectivity index (χ1v) is 11.1. The molecular weight excluding hydrogens is 402 g/mol. The van der Waals surface area contributed by atoms with E-state index in [9.17, 15) is 4.79 Å². The van der Waals surface area contributed by atoms with E-state index in [0.717, 1.165) is 66.5 Å². The minimum atomic E-state index is -0.215. The summed E-state index contributed by atoms with van der Waals surface area (Å²) in [6, 6.07) is 5.62. The highest BCUT2D eigenvalue weighted by atomic mass is 32.1. The lowest BCUT2D eigenvalue weighted by Gasteiger charge is -2.21. The number of amides is 1. The molecule has 1 saturated heterocycles. The number of furan rings is 1. The van der Waals surface area contributed by atoms with E-state index < -0.39 is 0 Å². The second-order valence-electron chi connectivity index (χ2n) is 7.61. The number of thiazole rings is 1. The number of pyridine rings is 1. The lowest BCUT2D eigenvalue weighted by atomic mass is 9.95. The molecule has 1 fully saturated rings. The van der Waals surface area contributed by atoms with Gasteiger partial charge in [-0.15, -0.1) is 11.3 Å². The van der Waals surface area contributed by atoms with Crippen LogP contribution in [0.4, 0.5) is 5.13 Å². The van der Waals surface area contributed by atoms with Gasteiger partial charge in [-0.1, -0.05) is 0 Å². The highest BCUT2D eigenvalue weighted by Gasteiger charge is 2.22. The third-order valence-electron chi connectivity index (χ3n) is 5.55. The summed E-state index contributed by atoms with van der Waals surface area (Å²) in [5.41, 5.74) is 3.30. The highest BCUT2D eigenvalue weighted by Crippen LogP contribution is 2.35. The van der Waals surface area contributed by atoms with E-state index in [1.54, 1.807) is 12.5 Å². The van der Waals surface area contributed by atoms with E-state index in [4.69, 9.17) is 13.9 Å². The largest absolute Gasteiger partial charge is 0.463 e. The van der Waals surface area contributed by atoms with Gasteiger partial charge < -0.3 is 13.9 Å². The van der Waals surface area contributed by atoms with Crippen molar-refractivity contribution in [3.63, 3.8) is 0 Å². The number of anilines is 1. The average molecular weight is 426 g/mol. The molecule has 156 valence electrons. The fourth-order valence-electron chi connectivity index (χ4n) is 3.90. The quantitative estimate of drug-likeness (QED) is 0.663. The van der Waals surface area contributed by atoms with E-state index in [1.165, 1.54) is 11.3 Å². The third-order valence-corrected chi connectivity index (χ3v) is 6.54. The second-order valence-corrected chi connectivity index (χ2v) is 8.70. The molecule has 5 rings (SSSR count). The van der Waals surface area contributed by atoms with Crippen LogP contribution in [-0.4, -0.2) is 35.7 Å². The molecule has 1 N–H and O–H groups in total. The van der Waals surface area contributed by atoms with Crippen LogP contribution in [0.3, 0.4) is 0 Å². The molecule has 0 atom stereocenters. The number of carbonyl (C=O) groups is 1. The second kappa shape index (κ2) is 8.67. The molecular formula is C22H23N3O4S. The van der Waals surface area contributed by atoms with Crippen molar-refractivity contribution in [1.82, 2.24) is 9.97 Å². The van der Waals surface area contributed by atoms with Gasteiger partial charge in [0.05, 0.1) is 25.0 Å². The Kier molecular flexibility index (Phi) is 5.61. The number of nitrogens with one attached hydrogen (secondary N) is 1. The summed E-state index contributed by atoms with van der Waals surface area (Å²) in [5, 5.41) is 3.52. The van der Waals surface area contributed by atoms with E-state index >= 15 is 0 Å². The monoisotopic (exact) mass is 425 g/mol.